The molecule has 2 rings (SSSR count). The van der Waals surface area contributed by atoms with Crippen LogP contribution in [0.2, 0.25) is 5.02 Å². The zero-order valence-corrected chi connectivity index (χ0v) is 13.0. The molecular weight excluding hydrogens is 256 g/mol. The van der Waals surface area contributed by atoms with Crippen molar-refractivity contribution in [2.45, 2.75) is 33.7 Å². The van der Waals surface area contributed by atoms with E-state index in [1.165, 1.54) is 17.7 Å². The number of hydrogen-bond donors (Lipinski definition) is 1. The van der Waals surface area contributed by atoms with E-state index in [0.29, 0.717) is 0 Å². The molecule has 3 heteroatoms. The summed E-state index contributed by atoms with van der Waals surface area (Å²) in [6.45, 7) is 10.9. The number of halogens is 1. The molecule has 2 atom stereocenters. The summed E-state index contributed by atoms with van der Waals surface area (Å²) in [5.41, 5.74) is 2.45. The van der Waals surface area contributed by atoms with E-state index in [9.17, 15) is 0 Å². The minimum Gasteiger partial charge on any atom is -0.370 e. The molecule has 1 heterocycles. The highest BCUT2D eigenvalue weighted by Crippen LogP contribution is 2.32. The van der Waals surface area contributed by atoms with Crippen molar-refractivity contribution in [2.24, 2.45) is 11.8 Å². The van der Waals surface area contributed by atoms with E-state index in [-0.39, 0.29) is 0 Å². The molecule has 1 aromatic rings. The van der Waals surface area contributed by atoms with Gasteiger partial charge < -0.3 is 10.2 Å². The van der Waals surface area contributed by atoms with Crippen molar-refractivity contribution in [2.75, 3.05) is 24.5 Å². The van der Waals surface area contributed by atoms with Gasteiger partial charge in [-0.15, -0.1) is 0 Å². The summed E-state index contributed by atoms with van der Waals surface area (Å²) in [5, 5.41) is 4.22. The molecule has 2 unspecified atom stereocenters. The summed E-state index contributed by atoms with van der Waals surface area (Å²) in [7, 11) is 0. The predicted molar refractivity (Wildman–Crippen MR) is 84.0 cm³/mol. The zero-order chi connectivity index (χ0) is 13.8. The summed E-state index contributed by atoms with van der Waals surface area (Å²) in [4.78, 5) is 2.43. The van der Waals surface area contributed by atoms with Gasteiger partial charge in [0, 0.05) is 19.6 Å². The Labute approximate surface area is 122 Å². The number of piperidine rings is 1. The van der Waals surface area contributed by atoms with Crippen LogP contribution in [0.15, 0.2) is 18.2 Å². The van der Waals surface area contributed by atoms with E-state index in [4.69, 9.17) is 11.6 Å². The Balaban J connectivity index is 2.08. The van der Waals surface area contributed by atoms with Crippen LogP contribution in [0.1, 0.15) is 32.8 Å². The molecule has 0 saturated carbocycles. The van der Waals surface area contributed by atoms with Crippen LogP contribution >= 0.6 is 11.6 Å². The lowest BCUT2D eigenvalue weighted by atomic mass is 9.88. The Bertz CT molecular complexity index is 419. The van der Waals surface area contributed by atoms with Crippen molar-refractivity contribution in [1.29, 1.82) is 0 Å². The average molecular weight is 281 g/mol. The number of nitrogens with one attached hydrogen (secondary N) is 1. The standard InChI is InChI=1S/C16H25ClN2/c1-4-18-10-14-5-6-16(15(17)9-14)19-8-7-12(2)13(3)11-19/h5-6,9,12-13,18H,4,7-8,10-11H2,1-3H3. The predicted octanol–water partition coefficient (Wildman–Crippen LogP) is 3.93. The maximum Gasteiger partial charge on any atom is 0.0642 e. The van der Waals surface area contributed by atoms with Crippen LogP contribution in [0.4, 0.5) is 5.69 Å². The van der Waals surface area contributed by atoms with E-state index in [1.807, 2.05) is 0 Å². The molecule has 1 aliphatic rings. The maximum absolute atomic E-state index is 6.46. The molecule has 0 amide bonds. The molecule has 0 spiro atoms. The number of rotatable bonds is 4. The normalized spacial score (nSPS) is 23.7. The number of benzene rings is 1. The SMILES string of the molecule is CCNCc1ccc(N2CCC(C)C(C)C2)c(Cl)c1. The Morgan fingerprint density at radius 3 is 2.74 bits per heavy atom. The van der Waals surface area contributed by atoms with Crippen molar-refractivity contribution < 1.29 is 0 Å². The second kappa shape index (κ2) is 6.62. The molecule has 1 saturated heterocycles. The van der Waals surface area contributed by atoms with Crippen molar-refractivity contribution in [3.8, 4) is 0 Å². The number of anilines is 1. The lowest BCUT2D eigenvalue weighted by molar-refractivity contribution is 0.324. The van der Waals surface area contributed by atoms with Gasteiger partial charge in [0.2, 0.25) is 0 Å². The molecule has 1 aliphatic heterocycles. The van der Waals surface area contributed by atoms with Gasteiger partial charge in [-0.3, -0.25) is 0 Å². The molecule has 0 bridgehead atoms. The van der Waals surface area contributed by atoms with E-state index in [2.05, 4.69) is 49.2 Å². The molecule has 0 aliphatic carbocycles. The van der Waals surface area contributed by atoms with Gasteiger partial charge in [0.25, 0.3) is 0 Å². The quantitative estimate of drug-likeness (QED) is 0.899. The van der Waals surface area contributed by atoms with Gasteiger partial charge in [0.05, 0.1) is 10.7 Å². The van der Waals surface area contributed by atoms with Crippen LogP contribution in [-0.2, 0) is 6.54 Å². The molecule has 2 nitrogen and oxygen atoms in total. The lowest BCUT2D eigenvalue weighted by Gasteiger charge is -2.37. The minimum absolute atomic E-state index is 0.742. The van der Waals surface area contributed by atoms with Gasteiger partial charge in [-0.25, -0.2) is 0 Å². The van der Waals surface area contributed by atoms with Crippen molar-refractivity contribution in [3.63, 3.8) is 0 Å². The number of hydrogen-bond acceptors (Lipinski definition) is 2. The molecule has 1 aromatic carbocycles. The first kappa shape index (κ1) is 14.7. The highest BCUT2D eigenvalue weighted by molar-refractivity contribution is 6.33. The van der Waals surface area contributed by atoms with Crippen molar-refractivity contribution in [3.05, 3.63) is 28.8 Å². The van der Waals surface area contributed by atoms with Gasteiger partial charge in [0.15, 0.2) is 0 Å². The Morgan fingerprint density at radius 2 is 2.11 bits per heavy atom. The second-order valence-electron chi connectivity index (χ2n) is 5.76. The topological polar surface area (TPSA) is 15.3 Å². The second-order valence-corrected chi connectivity index (χ2v) is 6.16. The van der Waals surface area contributed by atoms with Crippen molar-refractivity contribution >= 4 is 17.3 Å². The summed E-state index contributed by atoms with van der Waals surface area (Å²) in [6.07, 6.45) is 1.26. The minimum atomic E-state index is 0.742. The summed E-state index contributed by atoms with van der Waals surface area (Å²) in [5.74, 6) is 1.56. The first-order chi connectivity index (χ1) is 9.11. The molecule has 106 valence electrons. The molecule has 0 aromatic heterocycles. The van der Waals surface area contributed by atoms with Crippen LogP contribution in [-0.4, -0.2) is 19.6 Å². The molecule has 1 N–H and O–H groups in total. The van der Waals surface area contributed by atoms with Crippen LogP contribution < -0.4 is 10.2 Å². The van der Waals surface area contributed by atoms with Crippen molar-refractivity contribution in [1.82, 2.24) is 5.32 Å². The summed E-state index contributed by atoms with van der Waals surface area (Å²) in [6, 6.07) is 6.46. The van der Waals surface area contributed by atoms with E-state index in [0.717, 1.165) is 43.0 Å². The van der Waals surface area contributed by atoms with Crippen LogP contribution in [0, 0.1) is 11.8 Å². The third-order valence-electron chi connectivity index (χ3n) is 4.27. The van der Waals surface area contributed by atoms with Gasteiger partial charge in [-0.05, 0) is 42.5 Å². The fraction of sp³-hybridized carbons (Fsp3) is 0.625. The van der Waals surface area contributed by atoms with Crippen LogP contribution in [0.5, 0.6) is 0 Å². The molecule has 0 radical (unpaired) electrons. The fourth-order valence-electron chi connectivity index (χ4n) is 2.67. The Morgan fingerprint density at radius 1 is 1.32 bits per heavy atom. The van der Waals surface area contributed by atoms with E-state index < -0.39 is 0 Å². The molecule has 1 fully saturated rings. The Hall–Kier alpha value is -0.730. The first-order valence-electron chi connectivity index (χ1n) is 7.36. The maximum atomic E-state index is 6.46. The average Bonchev–Trinajstić information content (AvgIpc) is 2.40. The molecule has 19 heavy (non-hydrogen) atoms. The van der Waals surface area contributed by atoms with Crippen LogP contribution in [0.3, 0.4) is 0 Å². The number of nitrogens with zero attached hydrogens (tertiary/aromatic N) is 1. The summed E-state index contributed by atoms with van der Waals surface area (Å²) >= 11 is 6.46. The Kier molecular flexibility index (Phi) is 5.12. The largest absolute Gasteiger partial charge is 0.370 e. The molecular formula is C16H25ClN2. The van der Waals surface area contributed by atoms with Gasteiger partial charge in [0.1, 0.15) is 0 Å². The summed E-state index contributed by atoms with van der Waals surface area (Å²) < 4.78 is 0. The highest BCUT2D eigenvalue weighted by Gasteiger charge is 2.23. The smallest absolute Gasteiger partial charge is 0.0642 e. The van der Waals surface area contributed by atoms with Gasteiger partial charge >= 0.3 is 0 Å². The first-order valence-corrected chi connectivity index (χ1v) is 7.73. The van der Waals surface area contributed by atoms with E-state index in [1.54, 1.807) is 0 Å². The third-order valence-corrected chi connectivity index (χ3v) is 4.57. The third kappa shape index (κ3) is 3.64. The monoisotopic (exact) mass is 280 g/mol. The van der Waals surface area contributed by atoms with Gasteiger partial charge in [-0.1, -0.05) is 38.4 Å². The zero-order valence-electron chi connectivity index (χ0n) is 12.2. The van der Waals surface area contributed by atoms with E-state index >= 15 is 0 Å². The van der Waals surface area contributed by atoms with Crippen LogP contribution in [0.25, 0.3) is 0 Å². The highest BCUT2D eigenvalue weighted by atomic mass is 35.5. The van der Waals surface area contributed by atoms with Gasteiger partial charge in [-0.2, -0.15) is 0 Å². The lowest BCUT2D eigenvalue weighted by Crippen LogP contribution is -2.38. The fourth-order valence-corrected chi connectivity index (χ4v) is 2.99.